The van der Waals surface area contributed by atoms with Crippen LogP contribution in [-0.2, 0) is 30.8 Å². The van der Waals surface area contributed by atoms with Gasteiger partial charge in [0.05, 0.1) is 18.9 Å². The van der Waals surface area contributed by atoms with E-state index in [2.05, 4.69) is 24.5 Å². The van der Waals surface area contributed by atoms with Gasteiger partial charge in [-0.3, -0.25) is 4.90 Å². The molecule has 242 valence electrons. The predicted molar refractivity (Wildman–Crippen MR) is 166 cm³/mol. The Morgan fingerprint density at radius 1 is 0.957 bits per heavy atom. The Bertz CT molecular complexity index is 1690. The molecule has 0 unspecified atom stereocenters. The van der Waals surface area contributed by atoms with Crippen LogP contribution < -0.4 is 20.1 Å². The van der Waals surface area contributed by atoms with Crippen LogP contribution in [0.1, 0.15) is 31.2 Å². The van der Waals surface area contributed by atoms with E-state index in [1.807, 2.05) is 18.2 Å². The van der Waals surface area contributed by atoms with Crippen LogP contribution in [0.5, 0.6) is 11.5 Å². The van der Waals surface area contributed by atoms with Gasteiger partial charge in [0.2, 0.25) is 5.95 Å². The highest BCUT2D eigenvalue weighted by molar-refractivity contribution is 7.13. The number of carboxylic acids is 1. The molecule has 0 saturated carbocycles. The molecular weight excluding hydrogens is 623 g/mol. The van der Waals surface area contributed by atoms with Gasteiger partial charge in [-0.1, -0.05) is 12.1 Å². The fraction of sp³-hybridized carbons (Fsp3) is 0.344. The minimum atomic E-state index is -4.73. The van der Waals surface area contributed by atoms with Gasteiger partial charge in [0.1, 0.15) is 28.8 Å². The molecule has 46 heavy (non-hydrogen) atoms. The number of piperazine rings is 1. The van der Waals surface area contributed by atoms with Gasteiger partial charge in [0.15, 0.2) is 0 Å². The summed E-state index contributed by atoms with van der Waals surface area (Å²) in [5.41, 5.74) is 10.9. The number of nitrogens with two attached hydrogens (primary N) is 1. The molecule has 4 aromatic rings. The van der Waals surface area contributed by atoms with E-state index in [0.717, 1.165) is 78.6 Å². The molecule has 14 heteroatoms. The number of benzene rings is 2. The Labute approximate surface area is 267 Å². The maximum absolute atomic E-state index is 12.4. The fourth-order valence-corrected chi connectivity index (χ4v) is 6.42. The first kappa shape index (κ1) is 31.6. The molecule has 0 amide bonds. The normalized spacial score (nSPS) is 14.9. The van der Waals surface area contributed by atoms with E-state index in [1.54, 1.807) is 12.1 Å². The molecule has 2 aromatic heterocycles. The lowest BCUT2D eigenvalue weighted by atomic mass is 9.88. The quantitative estimate of drug-likeness (QED) is 0.203. The van der Waals surface area contributed by atoms with E-state index in [4.69, 9.17) is 20.3 Å². The number of hydrogen-bond acceptors (Lipinski definition) is 10. The standard InChI is InChI=1S/C32H32F3N5O5S/c33-32(34,35)45-22-4-1-20(2-5-22)18-44-23-6-9-25-21(17-23)3-8-26-28(25)37-31(36)38-29(26)40-13-11-39(12-14-40)15-16-43-19-24-7-10-27(46-24)30(41)42/h1-2,4-7,9-10,17H,3,8,11-16,18-19H2,(H,41,42)(H2,36,37,38). The summed E-state index contributed by atoms with van der Waals surface area (Å²) in [6, 6.07) is 14.8. The minimum Gasteiger partial charge on any atom is -0.489 e. The van der Waals surface area contributed by atoms with Gasteiger partial charge in [-0.2, -0.15) is 4.98 Å². The van der Waals surface area contributed by atoms with Crippen LogP contribution in [0.2, 0.25) is 0 Å². The lowest BCUT2D eigenvalue weighted by Gasteiger charge is -2.37. The number of thiophene rings is 1. The number of nitrogen functional groups attached to an aromatic ring is 1. The van der Waals surface area contributed by atoms with Crippen LogP contribution in [0.15, 0.2) is 54.6 Å². The second-order valence-corrected chi connectivity index (χ2v) is 12.2. The SMILES string of the molecule is Nc1nc2c(c(N3CCN(CCOCc4ccc(C(=O)O)s4)CC3)n1)CCc1cc(OCc3ccc(OC(F)(F)F)cc3)ccc1-2. The average molecular weight is 656 g/mol. The Balaban J connectivity index is 1.04. The number of aromatic nitrogens is 2. The molecular formula is C32H32F3N5O5S. The maximum atomic E-state index is 12.4. The second-order valence-electron chi connectivity index (χ2n) is 11.0. The van der Waals surface area contributed by atoms with Crippen LogP contribution in [0, 0.1) is 0 Å². The van der Waals surface area contributed by atoms with Crippen molar-refractivity contribution in [2.45, 2.75) is 32.4 Å². The monoisotopic (exact) mass is 655 g/mol. The first-order valence-electron chi connectivity index (χ1n) is 14.8. The van der Waals surface area contributed by atoms with Crippen LogP contribution >= 0.6 is 11.3 Å². The number of alkyl halides is 3. The number of rotatable bonds is 11. The van der Waals surface area contributed by atoms with Crippen molar-refractivity contribution in [1.29, 1.82) is 0 Å². The third-order valence-corrected chi connectivity index (χ3v) is 8.93. The lowest BCUT2D eigenvalue weighted by Crippen LogP contribution is -2.48. The fourth-order valence-electron chi connectivity index (χ4n) is 5.64. The van der Waals surface area contributed by atoms with Crippen molar-refractivity contribution >= 4 is 29.1 Å². The number of halogens is 3. The van der Waals surface area contributed by atoms with E-state index >= 15 is 0 Å². The van der Waals surface area contributed by atoms with Gasteiger partial charge in [-0.05, 0) is 66.4 Å². The summed E-state index contributed by atoms with van der Waals surface area (Å²) in [6.45, 7) is 5.21. The van der Waals surface area contributed by atoms with Gasteiger partial charge >= 0.3 is 12.3 Å². The molecule has 3 N–H and O–H groups in total. The summed E-state index contributed by atoms with van der Waals surface area (Å²) in [4.78, 5) is 26.1. The zero-order valence-corrected chi connectivity index (χ0v) is 25.6. The number of hydrogen-bond donors (Lipinski definition) is 2. The molecule has 0 spiro atoms. The molecule has 0 bridgehead atoms. The molecule has 1 saturated heterocycles. The Morgan fingerprint density at radius 2 is 1.72 bits per heavy atom. The van der Waals surface area contributed by atoms with Crippen LogP contribution in [-0.4, -0.2) is 71.6 Å². The van der Waals surface area contributed by atoms with Gasteiger partial charge in [0, 0.05) is 48.7 Å². The zero-order chi connectivity index (χ0) is 32.3. The number of fused-ring (bicyclic) bond motifs is 3. The summed E-state index contributed by atoms with van der Waals surface area (Å²) in [5, 5.41) is 9.07. The van der Waals surface area contributed by atoms with E-state index in [0.29, 0.717) is 29.4 Å². The van der Waals surface area contributed by atoms with E-state index in [1.165, 1.54) is 35.6 Å². The minimum absolute atomic E-state index is 0.196. The number of nitrogens with zero attached hydrogens (tertiary/aromatic N) is 4. The van der Waals surface area contributed by atoms with Crippen molar-refractivity contribution in [2.75, 3.05) is 50.0 Å². The average Bonchev–Trinajstić information content (AvgIpc) is 3.51. The molecule has 1 fully saturated rings. The molecule has 1 aliphatic heterocycles. The van der Waals surface area contributed by atoms with Gasteiger partial charge in [-0.15, -0.1) is 24.5 Å². The number of anilines is 2. The number of aryl methyl sites for hydroxylation is 1. The maximum Gasteiger partial charge on any atom is 0.573 e. The highest BCUT2D eigenvalue weighted by atomic mass is 32.1. The lowest BCUT2D eigenvalue weighted by molar-refractivity contribution is -0.274. The first-order chi connectivity index (χ1) is 22.1. The molecule has 2 aromatic carbocycles. The molecule has 3 heterocycles. The first-order valence-corrected chi connectivity index (χ1v) is 15.6. The third-order valence-electron chi connectivity index (χ3n) is 7.88. The highest BCUT2D eigenvalue weighted by Gasteiger charge is 2.31. The van der Waals surface area contributed by atoms with Crippen LogP contribution in [0.4, 0.5) is 24.9 Å². The number of carbonyl (C=O) groups is 1. The van der Waals surface area contributed by atoms with Gasteiger partial charge < -0.3 is 30.0 Å². The van der Waals surface area contributed by atoms with Crippen LogP contribution in [0.3, 0.4) is 0 Å². The van der Waals surface area contributed by atoms with Gasteiger partial charge in [-0.25, -0.2) is 9.78 Å². The van der Waals surface area contributed by atoms with Crippen molar-refractivity contribution in [3.05, 3.63) is 81.0 Å². The molecule has 0 radical (unpaired) electrons. The summed E-state index contributed by atoms with van der Waals surface area (Å²) in [7, 11) is 0. The topological polar surface area (TPSA) is 123 Å². The summed E-state index contributed by atoms with van der Waals surface area (Å²) >= 11 is 1.23. The summed E-state index contributed by atoms with van der Waals surface area (Å²) < 4.78 is 52.9. The summed E-state index contributed by atoms with van der Waals surface area (Å²) in [6.07, 6.45) is -3.20. The molecule has 0 atom stereocenters. The highest BCUT2D eigenvalue weighted by Crippen LogP contribution is 2.38. The summed E-state index contributed by atoms with van der Waals surface area (Å²) in [5.74, 6) is 0.544. The Hall–Kier alpha value is -4.40. The van der Waals surface area contributed by atoms with Crippen molar-refractivity contribution in [2.24, 2.45) is 0 Å². The predicted octanol–water partition coefficient (Wildman–Crippen LogP) is 5.40. The van der Waals surface area contributed by atoms with Crippen molar-refractivity contribution in [3.63, 3.8) is 0 Å². The number of ether oxygens (including phenoxy) is 3. The second kappa shape index (κ2) is 13.5. The van der Waals surface area contributed by atoms with Crippen LogP contribution in [0.25, 0.3) is 11.3 Å². The Morgan fingerprint density at radius 3 is 2.43 bits per heavy atom. The Kier molecular flexibility index (Phi) is 9.29. The molecule has 10 nitrogen and oxygen atoms in total. The van der Waals surface area contributed by atoms with Crippen molar-refractivity contribution in [1.82, 2.24) is 14.9 Å². The van der Waals surface area contributed by atoms with Crippen molar-refractivity contribution < 1.29 is 37.3 Å². The van der Waals surface area contributed by atoms with E-state index < -0.39 is 12.3 Å². The number of carboxylic acid groups (broad SMARTS) is 1. The smallest absolute Gasteiger partial charge is 0.489 e. The third kappa shape index (κ3) is 7.69. The van der Waals surface area contributed by atoms with E-state index in [9.17, 15) is 18.0 Å². The number of aromatic carboxylic acids is 1. The van der Waals surface area contributed by atoms with E-state index in [-0.39, 0.29) is 18.3 Å². The molecule has 6 rings (SSSR count). The molecule has 2 aliphatic rings. The van der Waals surface area contributed by atoms with Gasteiger partial charge in [0.25, 0.3) is 0 Å². The molecule has 1 aliphatic carbocycles. The zero-order valence-electron chi connectivity index (χ0n) is 24.8. The van der Waals surface area contributed by atoms with Crippen molar-refractivity contribution in [3.8, 4) is 22.8 Å². The largest absolute Gasteiger partial charge is 0.573 e.